The molecule has 23 heavy (non-hydrogen) atoms. The van der Waals surface area contributed by atoms with Crippen LogP contribution >= 0.6 is 0 Å². The molecule has 122 valence electrons. The largest absolute Gasteiger partial charge is 0.494 e. The number of benzene rings is 1. The summed E-state index contributed by atoms with van der Waals surface area (Å²) in [4.78, 5) is 10.1. The van der Waals surface area contributed by atoms with Crippen LogP contribution in [0.4, 0.5) is 0 Å². The maximum Gasteiger partial charge on any atom is 0.189 e. The van der Waals surface area contributed by atoms with E-state index < -0.39 is 0 Å². The van der Waals surface area contributed by atoms with Gasteiger partial charge in [0.25, 0.3) is 0 Å². The summed E-state index contributed by atoms with van der Waals surface area (Å²) >= 11 is 0. The van der Waals surface area contributed by atoms with Crippen molar-refractivity contribution in [3.05, 3.63) is 53.9 Å². The zero-order valence-corrected chi connectivity index (χ0v) is 13.2. The van der Waals surface area contributed by atoms with Crippen molar-refractivity contribution in [1.29, 1.82) is 0 Å². The van der Waals surface area contributed by atoms with Gasteiger partial charge in [-0.1, -0.05) is 25.1 Å². The Morgan fingerprint density at radius 1 is 1.43 bits per heavy atom. The summed E-state index contributed by atoms with van der Waals surface area (Å²) in [5, 5.41) is 3.15. The molecule has 1 atom stereocenters. The second kappa shape index (κ2) is 9.51. The van der Waals surface area contributed by atoms with Gasteiger partial charge in [-0.15, -0.1) is 0 Å². The fourth-order valence-electron chi connectivity index (χ4n) is 1.97. The van der Waals surface area contributed by atoms with E-state index >= 15 is 0 Å². The Balaban J connectivity index is 1.90. The Kier molecular flexibility index (Phi) is 6.98. The standard InChI is InChI=1S/C18H21NO4/c1-2-11-22-16(14-21-12-5-10-20)13-19-18-9-8-15-6-3-4-7-17(15)23-18/h3-9,13,18-19H,2,11-12,14H2,1H3/b16-13+. The number of nitrogens with one attached hydrogen (secondary N) is 1. The molecule has 0 radical (unpaired) electrons. The van der Waals surface area contributed by atoms with Crippen molar-refractivity contribution in [2.45, 2.75) is 19.6 Å². The predicted octanol–water partition coefficient (Wildman–Crippen LogP) is 2.68. The van der Waals surface area contributed by atoms with E-state index in [0.29, 0.717) is 12.4 Å². The second-order valence-corrected chi connectivity index (χ2v) is 4.90. The van der Waals surface area contributed by atoms with Crippen LogP contribution in [-0.2, 0) is 14.3 Å². The highest BCUT2D eigenvalue weighted by molar-refractivity contribution is 5.59. The molecule has 1 aliphatic rings. The molecular formula is C18H21NO4. The van der Waals surface area contributed by atoms with E-state index in [9.17, 15) is 4.79 Å². The van der Waals surface area contributed by atoms with Gasteiger partial charge in [-0.2, -0.15) is 0 Å². The Morgan fingerprint density at radius 3 is 3.13 bits per heavy atom. The van der Waals surface area contributed by atoms with Crippen LogP contribution in [0.25, 0.3) is 6.08 Å². The van der Waals surface area contributed by atoms with Gasteiger partial charge in [0.05, 0.1) is 13.2 Å². The maximum absolute atomic E-state index is 10.1. The third-order valence-electron chi connectivity index (χ3n) is 3.05. The minimum atomic E-state index is -0.264. The summed E-state index contributed by atoms with van der Waals surface area (Å²) in [5.74, 6) is 3.16. The highest BCUT2D eigenvalue weighted by atomic mass is 16.5. The first-order valence-corrected chi connectivity index (χ1v) is 7.62. The molecule has 1 aromatic rings. The Labute approximate surface area is 136 Å². The minimum absolute atomic E-state index is 0.212. The highest BCUT2D eigenvalue weighted by Gasteiger charge is 2.12. The number of ether oxygens (including phenoxy) is 3. The second-order valence-electron chi connectivity index (χ2n) is 4.90. The zero-order valence-electron chi connectivity index (χ0n) is 13.2. The van der Waals surface area contributed by atoms with E-state index in [0.717, 1.165) is 17.7 Å². The maximum atomic E-state index is 10.1. The molecule has 1 aliphatic heterocycles. The third kappa shape index (κ3) is 5.66. The van der Waals surface area contributed by atoms with E-state index in [-0.39, 0.29) is 19.4 Å². The molecule has 1 aromatic carbocycles. The van der Waals surface area contributed by atoms with Crippen LogP contribution in [0.1, 0.15) is 18.9 Å². The topological polar surface area (TPSA) is 56.8 Å². The molecule has 0 amide bonds. The molecule has 1 heterocycles. The SMILES string of the molecule is CCCO/C(=C/NC1C=Cc2ccccc2O1)COCC=C=O. The molecule has 0 aliphatic carbocycles. The fourth-order valence-corrected chi connectivity index (χ4v) is 1.97. The first kappa shape index (κ1) is 16.9. The van der Waals surface area contributed by atoms with E-state index in [1.165, 1.54) is 6.08 Å². The lowest BCUT2D eigenvalue weighted by Crippen LogP contribution is -2.30. The molecule has 5 nitrogen and oxygen atoms in total. The molecule has 0 spiro atoms. The van der Waals surface area contributed by atoms with Gasteiger partial charge in [-0.05, 0) is 24.6 Å². The van der Waals surface area contributed by atoms with Crippen molar-refractivity contribution in [2.75, 3.05) is 19.8 Å². The molecule has 0 aromatic heterocycles. The summed E-state index contributed by atoms with van der Waals surface area (Å²) in [6.07, 6.45) is 7.62. The summed E-state index contributed by atoms with van der Waals surface area (Å²) < 4.78 is 16.8. The Morgan fingerprint density at radius 2 is 2.30 bits per heavy atom. The van der Waals surface area contributed by atoms with E-state index in [2.05, 4.69) is 5.32 Å². The van der Waals surface area contributed by atoms with Gasteiger partial charge in [0.2, 0.25) is 0 Å². The predicted molar refractivity (Wildman–Crippen MR) is 88.4 cm³/mol. The molecule has 1 N–H and O–H groups in total. The van der Waals surface area contributed by atoms with Crippen molar-refractivity contribution >= 4 is 12.0 Å². The van der Waals surface area contributed by atoms with Crippen molar-refractivity contribution in [1.82, 2.24) is 5.32 Å². The summed E-state index contributed by atoms with van der Waals surface area (Å²) in [5.41, 5.74) is 1.06. The summed E-state index contributed by atoms with van der Waals surface area (Å²) in [7, 11) is 0. The zero-order chi connectivity index (χ0) is 16.3. The number of hydrogen-bond donors (Lipinski definition) is 1. The van der Waals surface area contributed by atoms with Gasteiger partial charge < -0.3 is 19.5 Å². The first-order valence-electron chi connectivity index (χ1n) is 7.62. The van der Waals surface area contributed by atoms with Crippen LogP contribution in [0.3, 0.4) is 0 Å². The molecule has 2 rings (SSSR count). The van der Waals surface area contributed by atoms with E-state index in [1.807, 2.05) is 43.3 Å². The van der Waals surface area contributed by atoms with Gasteiger partial charge in [0.1, 0.15) is 24.1 Å². The summed E-state index contributed by atoms with van der Waals surface area (Å²) in [6.45, 7) is 3.12. The van der Waals surface area contributed by atoms with Gasteiger partial charge in [0.15, 0.2) is 6.23 Å². The molecule has 5 heteroatoms. The average Bonchev–Trinajstić information content (AvgIpc) is 2.60. The van der Waals surface area contributed by atoms with Crippen molar-refractivity contribution in [3.63, 3.8) is 0 Å². The molecular weight excluding hydrogens is 294 g/mol. The van der Waals surface area contributed by atoms with Crippen molar-refractivity contribution in [3.8, 4) is 5.75 Å². The number of hydrogen-bond acceptors (Lipinski definition) is 5. The number of fused-ring (bicyclic) bond motifs is 1. The lowest BCUT2D eigenvalue weighted by Gasteiger charge is -2.22. The lowest BCUT2D eigenvalue weighted by molar-refractivity contribution is 0.111. The Bertz CT molecular complexity index is 603. The van der Waals surface area contributed by atoms with Crippen LogP contribution in [0.5, 0.6) is 5.75 Å². The van der Waals surface area contributed by atoms with Crippen LogP contribution in [-0.4, -0.2) is 32.0 Å². The number of carbonyl (C=O) groups excluding carboxylic acids is 1. The minimum Gasteiger partial charge on any atom is -0.494 e. The first-order chi connectivity index (χ1) is 11.3. The molecule has 0 saturated heterocycles. The van der Waals surface area contributed by atoms with Crippen molar-refractivity contribution in [2.24, 2.45) is 0 Å². The van der Waals surface area contributed by atoms with Crippen LogP contribution < -0.4 is 10.1 Å². The van der Waals surface area contributed by atoms with Gasteiger partial charge in [-0.3, -0.25) is 0 Å². The third-order valence-corrected chi connectivity index (χ3v) is 3.05. The number of para-hydroxylation sites is 1. The monoisotopic (exact) mass is 315 g/mol. The van der Waals surface area contributed by atoms with Gasteiger partial charge >= 0.3 is 0 Å². The summed E-state index contributed by atoms with van der Waals surface area (Å²) in [6, 6.07) is 7.85. The van der Waals surface area contributed by atoms with Crippen molar-refractivity contribution < 1.29 is 19.0 Å². The highest BCUT2D eigenvalue weighted by Crippen LogP contribution is 2.24. The van der Waals surface area contributed by atoms with E-state index in [1.54, 1.807) is 12.1 Å². The molecule has 0 saturated carbocycles. The quantitative estimate of drug-likeness (QED) is 0.431. The van der Waals surface area contributed by atoms with Gasteiger partial charge in [0, 0.05) is 17.8 Å². The molecule has 1 unspecified atom stereocenters. The van der Waals surface area contributed by atoms with E-state index in [4.69, 9.17) is 14.2 Å². The smallest absolute Gasteiger partial charge is 0.189 e. The van der Waals surface area contributed by atoms with Crippen LogP contribution in [0.2, 0.25) is 0 Å². The lowest BCUT2D eigenvalue weighted by atomic mass is 10.1. The van der Waals surface area contributed by atoms with Gasteiger partial charge in [-0.25, -0.2) is 4.79 Å². The average molecular weight is 315 g/mol. The molecule has 0 bridgehead atoms. The Hall–Kier alpha value is -2.49. The van der Waals surface area contributed by atoms with Crippen LogP contribution in [0, 0.1) is 0 Å². The number of rotatable bonds is 9. The molecule has 0 fully saturated rings. The van der Waals surface area contributed by atoms with Crippen LogP contribution in [0.15, 0.2) is 48.4 Å². The fraction of sp³-hybridized carbons (Fsp3) is 0.333. The normalized spacial score (nSPS) is 16.0.